The number of benzene rings is 2. The van der Waals surface area contributed by atoms with Crippen molar-refractivity contribution in [3.63, 3.8) is 0 Å². The van der Waals surface area contributed by atoms with Crippen LogP contribution in [0, 0.1) is 17.7 Å². The average Bonchev–Trinajstić information content (AvgIpc) is 3.31. The molecule has 1 heterocycles. The Morgan fingerprint density at radius 3 is 2.28 bits per heavy atom. The fourth-order valence-electron chi connectivity index (χ4n) is 7.22. The maximum Gasteiger partial charge on any atom is 0.320 e. The molecule has 4 nitrogen and oxygen atoms in total. The predicted molar refractivity (Wildman–Crippen MR) is 142 cm³/mol. The van der Waals surface area contributed by atoms with Gasteiger partial charge in [0.1, 0.15) is 11.9 Å². The van der Waals surface area contributed by atoms with Crippen molar-refractivity contribution < 1.29 is 14.3 Å². The third-order valence-electron chi connectivity index (χ3n) is 9.15. The molecular formula is C31H41FN2O2. The molecule has 2 aliphatic carbocycles. The Kier molecular flexibility index (Phi) is 8.38. The fourth-order valence-corrected chi connectivity index (χ4v) is 7.22. The molecule has 0 radical (unpaired) electrons. The SMILES string of the molecule is O=C(O)C(NC1C[C@H](CN2CCC(c3ccc(F)cc3)CC2)[C@@H](c2ccccc2)C1)C1CCCCC1. The van der Waals surface area contributed by atoms with Gasteiger partial charge >= 0.3 is 5.97 Å². The number of nitrogens with one attached hydrogen (secondary N) is 1. The van der Waals surface area contributed by atoms with Gasteiger partial charge in [-0.05, 0) is 98.5 Å². The lowest BCUT2D eigenvalue weighted by atomic mass is 9.83. The number of carbonyl (C=O) groups is 1. The van der Waals surface area contributed by atoms with Crippen LogP contribution in [-0.4, -0.2) is 47.7 Å². The van der Waals surface area contributed by atoms with Crippen LogP contribution in [0.15, 0.2) is 54.6 Å². The molecule has 2 unspecified atom stereocenters. The summed E-state index contributed by atoms with van der Waals surface area (Å²) in [6.07, 6.45) is 9.88. The second kappa shape index (κ2) is 11.9. The van der Waals surface area contributed by atoms with E-state index in [2.05, 4.69) is 40.5 Å². The number of hydrogen-bond donors (Lipinski definition) is 2. The minimum atomic E-state index is -0.676. The molecule has 5 heteroatoms. The molecule has 2 N–H and O–H groups in total. The summed E-state index contributed by atoms with van der Waals surface area (Å²) in [5.74, 6) is 0.908. The van der Waals surface area contributed by atoms with Gasteiger partial charge in [0.15, 0.2) is 0 Å². The predicted octanol–water partition coefficient (Wildman–Crippen LogP) is 6.19. The van der Waals surface area contributed by atoms with Crippen LogP contribution in [0.25, 0.3) is 0 Å². The van der Waals surface area contributed by atoms with Gasteiger partial charge in [0.05, 0.1) is 0 Å². The quantitative estimate of drug-likeness (QED) is 0.461. The van der Waals surface area contributed by atoms with Crippen molar-refractivity contribution in [3.8, 4) is 0 Å². The zero-order valence-electron chi connectivity index (χ0n) is 21.3. The Balaban J connectivity index is 1.23. The molecule has 2 saturated carbocycles. The van der Waals surface area contributed by atoms with E-state index < -0.39 is 12.0 Å². The third-order valence-corrected chi connectivity index (χ3v) is 9.15. The summed E-state index contributed by atoms with van der Waals surface area (Å²) in [5, 5.41) is 13.7. The van der Waals surface area contributed by atoms with Crippen LogP contribution in [0.3, 0.4) is 0 Å². The minimum absolute atomic E-state index is 0.166. The van der Waals surface area contributed by atoms with Gasteiger partial charge in [-0.3, -0.25) is 4.79 Å². The first-order chi connectivity index (χ1) is 17.6. The number of rotatable bonds is 8. The van der Waals surface area contributed by atoms with Gasteiger partial charge in [-0.15, -0.1) is 0 Å². The molecule has 0 spiro atoms. The lowest BCUT2D eigenvalue weighted by Crippen LogP contribution is -2.48. The van der Waals surface area contributed by atoms with E-state index in [0.29, 0.717) is 17.8 Å². The van der Waals surface area contributed by atoms with Crippen LogP contribution in [0.4, 0.5) is 4.39 Å². The molecule has 3 aliphatic rings. The van der Waals surface area contributed by atoms with Gasteiger partial charge in [0.25, 0.3) is 0 Å². The molecule has 0 aromatic heterocycles. The van der Waals surface area contributed by atoms with Crippen LogP contribution in [0.5, 0.6) is 0 Å². The Bertz CT molecular complexity index is 968. The number of nitrogens with zero attached hydrogens (tertiary/aromatic N) is 1. The smallest absolute Gasteiger partial charge is 0.320 e. The average molecular weight is 493 g/mol. The second-order valence-corrected chi connectivity index (χ2v) is 11.5. The van der Waals surface area contributed by atoms with Crippen LogP contribution < -0.4 is 5.32 Å². The van der Waals surface area contributed by atoms with Gasteiger partial charge < -0.3 is 15.3 Å². The van der Waals surface area contributed by atoms with E-state index in [1.165, 1.54) is 17.5 Å². The molecule has 0 amide bonds. The molecule has 2 aromatic rings. The Labute approximate surface area is 215 Å². The van der Waals surface area contributed by atoms with Crippen molar-refractivity contribution >= 4 is 5.97 Å². The number of carboxylic acid groups (broad SMARTS) is 1. The normalized spacial score (nSPS) is 27.2. The highest BCUT2D eigenvalue weighted by Gasteiger charge is 2.40. The third kappa shape index (κ3) is 6.18. The number of aliphatic carboxylic acids is 1. The molecule has 4 atom stereocenters. The Morgan fingerprint density at radius 2 is 1.61 bits per heavy atom. The maximum absolute atomic E-state index is 13.3. The zero-order chi connectivity index (χ0) is 24.9. The van der Waals surface area contributed by atoms with E-state index in [0.717, 1.165) is 71.0 Å². The summed E-state index contributed by atoms with van der Waals surface area (Å²) >= 11 is 0. The van der Waals surface area contributed by atoms with Gasteiger partial charge in [-0.25, -0.2) is 4.39 Å². The minimum Gasteiger partial charge on any atom is -0.480 e. The van der Waals surface area contributed by atoms with Crippen molar-refractivity contribution in [1.82, 2.24) is 10.2 Å². The van der Waals surface area contributed by atoms with Crippen LogP contribution in [0.1, 0.15) is 80.8 Å². The van der Waals surface area contributed by atoms with E-state index >= 15 is 0 Å². The zero-order valence-corrected chi connectivity index (χ0v) is 21.3. The first-order valence-electron chi connectivity index (χ1n) is 14.1. The van der Waals surface area contributed by atoms with Crippen molar-refractivity contribution in [3.05, 3.63) is 71.5 Å². The monoisotopic (exact) mass is 492 g/mol. The van der Waals surface area contributed by atoms with Gasteiger partial charge in [-0.2, -0.15) is 0 Å². The van der Waals surface area contributed by atoms with Crippen molar-refractivity contribution in [1.29, 1.82) is 0 Å². The topological polar surface area (TPSA) is 52.6 Å². The molecule has 5 rings (SSSR count). The highest BCUT2D eigenvalue weighted by atomic mass is 19.1. The van der Waals surface area contributed by atoms with Crippen LogP contribution in [0.2, 0.25) is 0 Å². The summed E-state index contributed by atoms with van der Waals surface area (Å²) in [6, 6.07) is 17.7. The highest BCUT2D eigenvalue weighted by molar-refractivity contribution is 5.74. The summed E-state index contributed by atoms with van der Waals surface area (Å²) in [5.41, 5.74) is 2.64. The number of hydrogen-bond acceptors (Lipinski definition) is 3. The maximum atomic E-state index is 13.3. The molecule has 36 heavy (non-hydrogen) atoms. The molecule has 194 valence electrons. The summed E-state index contributed by atoms with van der Waals surface area (Å²) in [4.78, 5) is 14.8. The highest BCUT2D eigenvalue weighted by Crippen LogP contribution is 2.42. The molecule has 2 aromatic carbocycles. The van der Waals surface area contributed by atoms with E-state index in [9.17, 15) is 14.3 Å². The first kappa shape index (κ1) is 25.4. The molecule has 1 saturated heterocycles. The molecule has 0 bridgehead atoms. The van der Waals surface area contributed by atoms with E-state index in [1.807, 2.05) is 12.1 Å². The van der Waals surface area contributed by atoms with Crippen molar-refractivity contribution in [2.24, 2.45) is 11.8 Å². The van der Waals surface area contributed by atoms with Crippen molar-refractivity contribution in [2.75, 3.05) is 19.6 Å². The van der Waals surface area contributed by atoms with E-state index in [-0.39, 0.29) is 17.8 Å². The molecular weight excluding hydrogens is 451 g/mol. The molecule has 1 aliphatic heterocycles. The Hall–Kier alpha value is -2.24. The van der Waals surface area contributed by atoms with Gasteiger partial charge in [-0.1, -0.05) is 61.7 Å². The first-order valence-corrected chi connectivity index (χ1v) is 14.1. The fraction of sp³-hybridized carbons (Fsp3) is 0.581. The summed E-state index contributed by atoms with van der Waals surface area (Å²) in [7, 11) is 0. The second-order valence-electron chi connectivity index (χ2n) is 11.5. The largest absolute Gasteiger partial charge is 0.480 e. The standard InChI is InChI=1S/C31H41FN2O2/c32-27-13-11-22(12-14-27)23-15-17-34(18-16-23)21-26-19-28(20-29(26)24-7-3-1-4-8-24)33-30(31(35)36)25-9-5-2-6-10-25/h1,3-4,7-8,11-14,23,25-26,28-30,33H,2,5-6,9-10,15-21H2,(H,35,36)/t26-,28?,29-,30?/m1/s1. The van der Waals surface area contributed by atoms with E-state index in [1.54, 1.807) is 12.1 Å². The Morgan fingerprint density at radius 1 is 0.917 bits per heavy atom. The van der Waals surface area contributed by atoms with Crippen LogP contribution >= 0.6 is 0 Å². The van der Waals surface area contributed by atoms with Gasteiger partial charge in [0, 0.05) is 12.6 Å². The lowest BCUT2D eigenvalue weighted by molar-refractivity contribution is -0.141. The number of piperidine rings is 1. The number of halogens is 1. The van der Waals surface area contributed by atoms with Gasteiger partial charge in [0.2, 0.25) is 0 Å². The lowest BCUT2D eigenvalue weighted by Gasteiger charge is -2.35. The summed E-state index contributed by atoms with van der Waals surface area (Å²) < 4.78 is 13.3. The van der Waals surface area contributed by atoms with E-state index in [4.69, 9.17) is 0 Å². The number of likely N-dealkylation sites (tertiary alicyclic amines) is 1. The summed E-state index contributed by atoms with van der Waals surface area (Å²) in [6.45, 7) is 3.20. The van der Waals surface area contributed by atoms with Crippen LogP contribution in [-0.2, 0) is 4.79 Å². The molecule has 3 fully saturated rings. The number of carboxylic acids is 1. The van der Waals surface area contributed by atoms with Crippen molar-refractivity contribution in [2.45, 2.75) is 81.7 Å².